The van der Waals surface area contributed by atoms with Crippen LogP contribution in [0.2, 0.25) is 0 Å². The molecule has 0 amide bonds. The van der Waals surface area contributed by atoms with Crippen LogP contribution in [0.1, 0.15) is 55.2 Å². The second kappa shape index (κ2) is 6.20. The van der Waals surface area contributed by atoms with Gasteiger partial charge in [-0.1, -0.05) is 27.2 Å². The van der Waals surface area contributed by atoms with Crippen molar-refractivity contribution in [2.24, 2.45) is 5.92 Å². The minimum Gasteiger partial charge on any atom is -0.478 e. The number of hydrogen-bond donors (Lipinski definition) is 1. The van der Waals surface area contributed by atoms with Gasteiger partial charge < -0.3 is 10.0 Å². The largest absolute Gasteiger partial charge is 0.478 e. The number of aryl methyl sites for hydroxylation is 1. The number of aromatic carboxylic acids is 1. The van der Waals surface area contributed by atoms with Gasteiger partial charge in [-0.2, -0.15) is 5.10 Å². The quantitative estimate of drug-likeness (QED) is 0.896. The summed E-state index contributed by atoms with van der Waals surface area (Å²) in [7, 11) is 0. The lowest BCUT2D eigenvalue weighted by atomic mass is 10.0. The molecule has 1 fully saturated rings. The van der Waals surface area contributed by atoms with E-state index in [1.165, 1.54) is 0 Å². The van der Waals surface area contributed by atoms with Crippen LogP contribution in [0, 0.1) is 5.92 Å². The highest BCUT2D eigenvalue weighted by molar-refractivity contribution is 5.95. The first-order valence-electron chi connectivity index (χ1n) is 7.48. The van der Waals surface area contributed by atoms with Crippen LogP contribution in [0.3, 0.4) is 0 Å². The lowest BCUT2D eigenvalue weighted by Gasteiger charge is -2.21. The topological polar surface area (TPSA) is 66.3 Å². The van der Waals surface area contributed by atoms with Gasteiger partial charge in [0.2, 0.25) is 0 Å². The number of carboxylic acids is 1. The fourth-order valence-corrected chi connectivity index (χ4v) is 2.97. The first-order valence-corrected chi connectivity index (χ1v) is 7.48. The third-order valence-corrected chi connectivity index (χ3v) is 4.20. The molecule has 1 aromatic heterocycles. The van der Waals surface area contributed by atoms with Gasteiger partial charge in [-0.3, -0.25) is 0 Å². The summed E-state index contributed by atoms with van der Waals surface area (Å²) >= 11 is 0. The summed E-state index contributed by atoms with van der Waals surface area (Å²) in [5.41, 5.74) is 2.00. The van der Waals surface area contributed by atoms with Gasteiger partial charge in [0.05, 0.1) is 5.69 Å². The highest BCUT2D eigenvalue weighted by Crippen LogP contribution is 2.29. The summed E-state index contributed by atoms with van der Waals surface area (Å²) in [6.07, 6.45) is 3.63. The Morgan fingerprint density at radius 3 is 2.55 bits per heavy atom. The van der Waals surface area contributed by atoms with Gasteiger partial charge in [0.1, 0.15) is 5.56 Å². The van der Waals surface area contributed by atoms with Gasteiger partial charge in [0.15, 0.2) is 5.82 Å². The van der Waals surface area contributed by atoms with Crippen molar-refractivity contribution in [3.8, 4) is 0 Å². The van der Waals surface area contributed by atoms with Crippen molar-refractivity contribution in [1.82, 2.24) is 10.2 Å². The van der Waals surface area contributed by atoms with E-state index in [1.807, 2.05) is 13.8 Å². The van der Waals surface area contributed by atoms with E-state index in [9.17, 15) is 9.90 Å². The van der Waals surface area contributed by atoms with E-state index in [2.05, 4.69) is 22.0 Å². The smallest absolute Gasteiger partial charge is 0.339 e. The predicted octanol–water partition coefficient (Wildman–Crippen LogP) is 2.54. The van der Waals surface area contributed by atoms with Crippen molar-refractivity contribution in [3.05, 3.63) is 16.8 Å². The Balaban J connectivity index is 2.45. The zero-order valence-electron chi connectivity index (χ0n) is 12.5. The van der Waals surface area contributed by atoms with Crippen LogP contribution in [-0.4, -0.2) is 34.4 Å². The van der Waals surface area contributed by atoms with Crippen molar-refractivity contribution in [2.45, 2.75) is 46.5 Å². The molecular formula is C15H23N3O2. The molecule has 0 radical (unpaired) electrons. The molecule has 110 valence electrons. The minimum atomic E-state index is -0.888. The maximum atomic E-state index is 11.7. The van der Waals surface area contributed by atoms with Crippen molar-refractivity contribution < 1.29 is 9.90 Å². The Morgan fingerprint density at radius 1 is 1.30 bits per heavy atom. The van der Waals surface area contributed by atoms with E-state index in [4.69, 9.17) is 0 Å². The fourth-order valence-electron chi connectivity index (χ4n) is 2.97. The summed E-state index contributed by atoms with van der Waals surface area (Å²) in [5.74, 6) is 0.304. The summed E-state index contributed by atoms with van der Waals surface area (Å²) in [4.78, 5) is 13.8. The molecule has 1 aromatic rings. The second-order valence-corrected chi connectivity index (χ2v) is 5.35. The molecule has 1 aliphatic heterocycles. The monoisotopic (exact) mass is 277 g/mol. The molecule has 0 aliphatic carbocycles. The molecule has 1 saturated heterocycles. The van der Waals surface area contributed by atoms with Crippen molar-refractivity contribution in [3.63, 3.8) is 0 Å². The average Bonchev–Trinajstić information content (AvgIpc) is 2.94. The van der Waals surface area contributed by atoms with E-state index in [0.717, 1.165) is 37.2 Å². The molecule has 0 spiro atoms. The number of aromatic nitrogens is 2. The Labute approximate surface area is 120 Å². The molecular weight excluding hydrogens is 254 g/mol. The molecule has 1 atom stereocenters. The zero-order valence-corrected chi connectivity index (χ0v) is 12.5. The molecule has 20 heavy (non-hydrogen) atoms. The molecule has 2 heterocycles. The Morgan fingerprint density at radius 2 is 2.05 bits per heavy atom. The number of carbonyl (C=O) groups is 1. The third kappa shape index (κ3) is 2.62. The molecule has 5 nitrogen and oxygen atoms in total. The fraction of sp³-hybridized carbons (Fsp3) is 0.667. The van der Waals surface area contributed by atoms with E-state index in [0.29, 0.717) is 30.1 Å². The van der Waals surface area contributed by atoms with Gasteiger partial charge in [-0.25, -0.2) is 4.79 Å². The second-order valence-electron chi connectivity index (χ2n) is 5.35. The third-order valence-electron chi connectivity index (χ3n) is 4.20. The molecule has 0 bridgehead atoms. The van der Waals surface area contributed by atoms with E-state index in [1.54, 1.807) is 0 Å². The van der Waals surface area contributed by atoms with Crippen LogP contribution in [0.15, 0.2) is 0 Å². The minimum absolute atomic E-state index is 0.358. The highest BCUT2D eigenvalue weighted by atomic mass is 16.4. The Bertz CT molecular complexity index is 502. The standard InChI is InChI=1S/C15H23N3O2/c1-4-10-7-8-18(9-10)14-13(15(19)20)11(5-2)12(6-3)16-17-14/h10H,4-9H2,1-3H3,(H,19,20). The van der Waals surface area contributed by atoms with Gasteiger partial charge >= 0.3 is 5.97 Å². The molecule has 0 saturated carbocycles. The summed E-state index contributed by atoms with van der Waals surface area (Å²) in [6.45, 7) is 7.90. The normalized spacial score (nSPS) is 18.6. The van der Waals surface area contributed by atoms with E-state index < -0.39 is 5.97 Å². The summed E-state index contributed by atoms with van der Waals surface area (Å²) in [6, 6.07) is 0. The first-order chi connectivity index (χ1) is 9.62. The van der Waals surface area contributed by atoms with Gasteiger partial charge in [0.25, 0.3) is 0 Å². The van der Waals surface area contributed by atoms with Gasteiger partial charge in [-0.15, -0.1) is 5.10 Å². The average molecular weight is 277 g/mol. The number of anilines is 1. The SMILES string of the molecule is CCc1nnc(N2CCC(CC)C2)c(C(=O)O)c1CC. The van der Waals surface area contributed by atoms with Crippen molar-refractivity contribution in [2.75, 3.05) is 18.0 Å². The molecule has 1 aliphatic rings. The highest BCUT2D eigenvalue weighted by Gasteiger charge is 2.28. The van der Waals surface area contributed by atoms with Crippen LogP contribution in [0.25, 0.3) is 0 Å². The van der Waals surface area contributed by atoms with E-state index >= 15 is 0 Å². The number of rotatable bonds is 5. The number of carboxylic acid groups (broad SMARTS) is 1. The van der Waals surface area contributed by atoms with Crippen LogP contribution < -0.4 is 4.90 Å². The Hall–Kier alpha value is -1.65. The van der Waals surface area contributed by atoms with Crippen LogP contribution in [0.4, 0.5) is 5.82 Å². The molecule has 2 rings (SSSR count). The van der Waals surface area contributed by atoms with Crippen molar-refractivity contribution in [1.29, 1.82) is 0 Å². The number of nitrogens with zero attached hydrogens (tertiary/aromatic N) is 3. The van der Waals surface area contributed by atoms with Crippen LogP contribution in [0.5, 0.6) is 0 Å². The summed E-state index contributed by atoms with van der Waals surface area (Å²) < 4.78 is 0. The molecule has 5 heteroatoms. The van der Waals surface area contributed by atoms with Crippen LogP contribution in [-0.2, 0) is 12.8 Å². The molecule has 0 aromatic carbocycles. The van der Waals surface area contributed by atoms with Gasteiger partial charge in [0, 0.05) is 13.1 Å². The van der Waals surface area contributed by atoms with Crippen molar-refractivity contribution >= 4 is 11.8 Å². The maximum absolute atomic E-state index is 11.7. The van der Waals surface area contributed by atoms with E-state index in [-0.39, 0.29) is 0 Å². The summed E-state index contributed by atoms with van der Waals surface area (Å²) in [5, 5.41) is 18.1. The Kier molecular flexibility index (Phi) is 4.57. The lowest BCUT2D eigenvalue weighted by molar-refractivity contribution is 0.0695. The first kappa shape index (κ1) is 14.8. The lowest BCUT2D eigenvalue weighted by Crippen LogP contribution is -2.25. The number of hydrogen-bond acceptors (Lipinski definition) is 4. The molecule has 1 unspecified atom stereocenters. The zero-order chi connectivity index (χ0) is 14.7. The molecule has 1 N–H and O–H groups in total. The van der Waals surface area contributed by atoms with Gasteiger partial charge in [-0.05, 0) is 30.7 Å². The van der Waals surface area contributed by atoms with Crippen LogP contribution >= 0.6 is 0 Å². The predicted molar refractivity (Wildman–Crippen MR) is 78.4 cm³/mol. The maximum Gasteiger partial charge on any atom is 0.339 e.